The first-order valence-electron chi connectivity index (χ1n) is 3.84. The van der Waals surface area contributed by atoms with Crippen molar-refractivity contribution in [2.45, 2.75) is 18.9 Å². The Balaban J connectivity index is 2.97. The lowest BCUT2D eigenvalue weighted by Gasteiger charge is -2.12. The highest BCUT2D eigenvalue weighted by Crippen LogP contribution is 2.20. The summed E-state index contributed by atoms with van der Waals surface area (Å²) in [5, 5.41) is 20.0. The number of imide groups is 1. The van der Waals surface area contributed by atoms with Crippen molar-refractivity contribution in [3.63, 3.8) is 0 Å². The molecule has 1 fully saturated rings. The smallest absolute Gasteiger partial charge is 0.331 e. The number of hydrogen-bond donors (Lipinski definition) is 3. The van der Waals surface area contributed by atoms with Gasteiger partial charge in [-0.1, -0.05) is 0 Å². The maximum absolute atomic E-state index is 11.0. The average Bonchev–Trinajstić information content (AvgIpc) is 2.25. The molecular formula is C8H9NO5. The van der Waals surface area contributed by atoms with Crippen LogP contribution in [-0.2, 0) is 14.4 Å². The number of carbonyl (C=O) groups excluding carboxylic acids is 2. The van der Waals surface area contributed by atoms with E-state index >= 15 is 0 Å². The van der Waals surface area contributed by atoms with Crippen molar-refractivity contribution in [2.24, 2.45) is 0 Å². The molecule has 1 saturated heterocycles. The fourth-order valence-electron chi connectivity index (χ4n) is 1.14. The summed E-state index contributed by atoms with van der Waals surface area (Å²) >= 11 is 0. The number of aliphatic carboxylic acids is 1. The minimum atomic E-state index is -2.01. The Hall–Kier alpha value is -1.69. The van der Waals surface area contributed by atoms with Gasteiger partial charge < -0.3 is 10.2 Å². The van der Waals surface area contributed by atoms with E-state index in [-0.39, 0.29) is 5.57 Å². The van der Waals surface area contributed by atoms with Crippen molar-refractivity contribution in [3.8, 4) is 0 Å². The van der Waals surface area contributed by atoms with E-state index in [1.807, 2.05) is 5.32 Å². The molecule has 0 aromatic carbocycles. The second-order valence-corrected chi connectivity index (χ2v) is 3.11. The Labute approximate surface area is 79.2 Å². The molecule has 0 aromatic rings. The van der Waals surface area contributed by atoms with Crippen LogP contribution >= 0.6 is 0 Å². The quantitative estimate of drug-likeness (QED) is 0.382. The number of carbonyl (C=O) groups is 3. The molecule has 1 atom stereocenters. The van der Waals surface area contributed by atoms with Gasteiger partial charge in [0.2, 0.25) is 5.91 Å². The van der Waals surface area contributed by atoms with E-state index in [0.29, 0.717) is 0 Å². The van der Waals surface area contributed by atoms with Crippen LogP contribution in [0.15, 0.2) is 11.6 Å². The molecule has 0 radical (unpaired) electrons. The molecule has 1 heterocycles. The summed E-state index contributed by atoms with van der Waals surface area (Å²) in [6, 6.07) is 0. The van der Waals surface area contributed by atoms with Crippen molar-refractivity contribution in [2.75, 3.05) is 0 Å². The monoisotopic (exact) mass is 199 g/mol. The van der Waals surface area contributed by atoms with Gasteiger partial charge in [0.25, 0.3) is 5.91 Å². The Morgan fingerprint density at radius 2 is 2.14 bits per heavy atom. The zero-order chi connectivity index (χ0) is 10.9. The standard InChI is InChI=1S/C8H9NO5/c1-4(6(11)12)2-8(14)3-5(10)9-7(8)13/h2,14H,3H2,1H3,(H,11,12)(H,9,10,13). The van der Waals surface area contributed by atoms with Gasteiger partial charge in [0, 0.05) is 5.57 Å². The summed E-state index contributed by atoms with van der Waals surface area (Å²) < 4.78 is 0. The molecule has 2 amide bonds. The lowest BCUT2D eigenvalue weighted by molar-refractivity contribution is -0.133. The van der Waals surface area contributed by atoms with Crippen LogP contribution in [-0.4, -0.2) is 33.6 Å². The second-order valence-electron chi connectivity index (χ2n) is 3.11. The van der Waals surface area contributed by atoms with E-state index in [4.69, 9.17) is 5.11 Å². The highest BCUT2D eigenvalue weighted by Gasteiger charge is 2.43. The Kier molecular flexibility index (Phi) is 2.39. The Bertz CT molecular complexity index is 346. The van der Waals surface area contributed by atoms with Gasteiger partial charge in [-0.2, -0.15) is 0 Å². The Morgan fingerprint density at radius 3 is 2.50 bits per heavy atom. The number of rotatable bonds is 2. The normalized spacial score (nSPS) is 27.7. The molecule has 1 aliphatic rings. The first-order valence-corrected chi connectivity index (χ1v) is 3.84. The van der Waals surface area contributed by atoms with E-state index in [1.165, 1.54) is 6.92 Å². The maximum atomic E-state index is 11.0. The number of nitrogens with one attached hydrogen (secondary N) is 1. The van der Waals surface area contributed by atoms with Crippen molar-refractivity contribution in [1.29, 1.82) is 0 Å². The second kappa shape index (κ2) is 3.22. The fourth-order valence-corrected chi connectivity index (χ4v) is 1.14. The molecule has 0 spiro atoms. The number of carboxylic acid groups (broad SMARTS) is 1. The van der Waals surface area contributed by atoms with E-state index in [2.05, 4.69) is 0 Å². The minimum Gasteiger partial charge on any atom is -0.478 e. The van der Waals surface area contributed by atoms with Gasteiger partial charge >= 0.3 is 5.97 Å². The van der Waals surface area contributed by atoms with Crippen LogP contribution in [0.4, 0.5) is 0 Å². The predicted octanol–water partition coefficient (Wildman–Crippen LogP) is -1.21. The van der Waals surface area contributed by atoms with Gasteiger partial charge in [0.1, 0.15) is 0 Å². The maximum Gasteiger partial charge on any atom is 0.331 e. The molecule has 6 nitrogen and oxygen atoms in total. The highest BCUT2D eigenvalue weighted by atomic mass is 16.4. The molecule has 1 aliphatic heterocycles. The van der Waals surface area contributed by atoms with E-state index in [1.54, 1.807) is 0 Å². The molecule has 0 bridgehead atoms. The van der Waals surface area contributed by atoms with Crippen molar-refractivity contribution in [1.82, 2.24) is 5.32 Å². The third-order valence-electron chi connectivity index (χ3n) is 1.87. The molecule has 0 saturated carbocycles. The number of aliphatic hydroxyl groups is 1. The van der Waals surface area contributed by atoms with Crippen molar-refractivity contribution >= 4 is 17.8 Å². The molecule has 0 aromatic heterocycles. The van der Waals surface area contributed by atoms with Crippen LogP contribution in [0.5, 0.6) is 0 Å². The Morgan fingerprint density at radius 1 is 1.57 bits per heavy atom. The van der Waals surface area contributed by atoms with Crippen LogP contribution in [0.3, 0.4) is 0 Å². The summed E-state index contributed by atoms with van der Waals surface area (Å²) in [4.78, 5) is 32.2. The minimum absolute atomic E-state index is 0.183. The third-order valence-corrected chi connectivity index (χ3v) is 1.87. The van der Waals surface area contributed by atoms with Crippen molar-refractivity contribution < 1.29 is 24.6 Å². The predicted molar refractivity (Wildman–Crippen MR) is 44.1 cm³/mol. The molecule has 76 valence electrons. The van der Waals surface area contributed by atoms with E-state index in [0.717, 1.165) is 6.08 Å². The third kappa shape index (κ3) is 1.80. The van der Waals surface area contributed by atoms with Crippen LogP contribution in [0.2, 0.25) is 0 Å². The van der Waals surface area contributed by atoms with Crippen molar-refractivity contribution in [3.05, 3.63) is 11.6 Å². The van der Waals surface area contributed by atoms with E-state index in [9.17, 15) is 19.5 Å². The van der Waals surface area contributed by atoms with E-state index < -0.39 is 29.8 Å². The molecule has 1 rings (SSSR count). The summed E-state index contributed by atoms with van der Waals surface area (Å²) in [6.07, 6.45) is 0.437. The van der Waals surface area contributed by atoms with Gasteiger partial charge in [-0.15, -0.1) is 0 Å². The van der Waals surface area contributed by atoms with Crippen LogP contribution in [0.1, 0.15) is 13.3 Å². The first kappa shape index (κ1) is 10.4. The summed E-state index contributed by atoms with van der Waals surface area (Å²) in [5.41, 5.74) is -2.20. The van der Waals surface area contributed by atoms with Crippen LogP contribution in [0.25, 0.3) is 0 Å². The lowest BCUT2D eigenvalue weighted by Crippen LogP contribution is -2.36. The first-order chi connectivity index (χ1) is 6.35. The van der Waals surface area contributed by atoms with Crippen LogP contribution < -0.4 is 5.32 Å². The van der Waals surface area contributed by atoms with Gasteiger partial charge in [-0.3, -0.25) is 14.9 Å². The SMILES string of the molecule is CC(=CC1(O)CC(=O)NC1=O)C(=O)O. The lowest BCUT2D eigenvalue weighted by atomic mass is 9.99. The summed E-state index contributed by atoms with van der Waals surface area (Å²) in [6.45, 7) is 1.23. The largest absolute Gasteiger partial charge is 0.478 e. The highest BCUT2D eigenvalue weighted by molar-refractivity contribution is 6.09. The number of carboxylic acids is 1. The molecule has 14 heavy (non-hydrogen) atoms. The van der Waals surface area contributed by atoms with Gasteiger partial charge in [0.15, 0.2) is 5.60 Å². The topological polar surface area (TPSA) is 104 Å². The average molecular weight is 199 g/mol. The fraction of sp³-hybridized carbons (Fsp3) is 0.375. The van der Waals surface area contributed by atoms with Gasteiger partial charge in [-0.25, -0.2) is 4.79 Å². The van der Waals surface area contributed by atoms with Gasteiger partial charge in [-0.05, 0) is 13.0 Å². The zero-order valence-corrected chi connectivity index (χ0v) is 7.40. The molecular weight excluding hydrogens is 190 g/mol. The molecule has 6 heteroatoms. The zero-order valence-electron chi connectivity index (χ0n) is 7.40. The van der Waals surface area contributed by atoms with Gasteiger partial charge in [0.05, 0.1) is 6.42 Å². The molecule has 3 N–H and O–H groups in total. The molecule has 1 unspecified atom stereocenters. The number of hydrogen-bond acceptors (Lipinski definition) is 4. The molecule has 0 aliphatic carbocycles. The number of amides is 2. The summed E-state index contributed by atoms with van der Waals surface area (Å²) in [5.74, 6) is -2.75. The van der Waals surface area contributed by atoms with Crippen LogP contribution in [0, 0.1) is 0 Å². The summed E-state index contributed by atoms with van der Waals surface area (Å²) in [7, 11) is 0.